The Balaban J connectivity index is 1.51. The fraction of sp³-hybridized carbons (Fsp3) is 0.0870. The maximum Gasteiger partial charge on any atom is 0.256 e. The van der Waals surface area contributed by atoms with Crippen LogP contribution in [0.1, 0.15) is 16.8 Å². The lowest BCUT2D eigenvalue weighted by Crippen LogP contribution is -2.31. The van der Waals surface area contributed by atoms with Crippen molar-refractivity contribution in [1.29, 1.82) is 0 Å². The minimum Gasteiger partial charge on any atom is -0.322 e. The van der Waals surface area contributed by atoms with Crippen molar-refractivity contribution in [1.82, 2.24) is 0 Å². The van der Waals surface area contributed by atoms with E-state index in [2.05, 4.69) is 5.32 Å². The number of anilines is 2. The molecule has 1 aliphatic rings. The van der Waals surface area contributed by atoms with Crippen molar-refractivity contribution in [3.05, 3.63) is 83.4 Å². The predicted octanol–water partition coefficient (Wildman–Crippen LogP) is 3.66. The monoisotopic (exact) mass is 515 g/mol. The van der Waals surface area contributed by atoms with Crippen LogP contribution in [0, 0.1) is 0 Å². The van der Waals surface area contributed by atoms with Gasteiger partial charge in [-0.05, 0) is 60.7 Å². The van der Waals surface area contributed by atoms with Crippen molar-refractivity contribution in [2.24, 2.45) is 5.14 Å². The maximum atomic E-state index is 13.0. The molecule has 3 N–H and O–H groups in total. The second kappa shape index (κ2) is 9.59. The predicted molar refractivity (Wildman–Crippen MR) is 130 cm³/mol. The molecule has 1 heterocycles. The third-order valence-corrected chi connectivity index (χ3v) is 7.48. The highest BCUT2D eigenvalue weighted by Gasteiger charge is 2.40. The Kier molecular flexibility index (Phi) is 6.76. The fourth-order valence-corrected chi connectivity index (χ4v) is 5.22. The molecule has 3 aromatic rings. The average molecular weight is 516 g/mol. The molecule has 11 heteroatoms. The van der Waals surface area contributed by atoms with Gasteiger partial charge in [0, 0.05) is 22.0 Å². The lowest BCUT2D eigenvalue weighted by atomic mass is 10.2. The number of carbonyl (C=O) groups is 3. The first-order chi connectivity index (χ1) is 16.1. The van der Waals surface area contributed by atoms with Crippen LogP contribution in [-0.2, 0) is 19.6 Å². The summed E-state index contributed by atoms with van der Waals surface area (Å²) in [7, 11) is -3.84. The van der Waals surface area contributed by atoms with Crippen LogP contribution in [0.2, 0.25) is 5.02 Å². The van der Waals surface area contributed by atoms with Crippen LogP contribution >= 0.6 is 23.4 Å². The molecule has 0 aromatic heterocycles. The lowest BCUT2D eigenvalue weighted by molar-refractivity contribution is -0.121. The molecule has 0 unspecified atom stereocenters. The Morgan fingerprint density at radius 1 is 1.00 bits per heavy atom. The molecule has 0 spiro atoms. The number of nitrogens with zero attached hydrogens (tertiary/aromatic N) is 1. The highest BCUT2D eigenvalue weighted by molar-refractivity contribution is 8.00. The first kappa shape index (κ1) is 24.0. The van der Waals surface area contributed by atoms with Crippen molar-refractivity contribution >= 4 is 62.5 Å². The van der Waals surface area contributed by atoms with Gasteiger partial charge in [-0.25, -0.2) is 18.5 Å². The molecule has 8 nitrogen and oxygen atoms in total. The Labute approximate surface area is 205 Å². The number of nitrogens with one attached hydrogen (secondary N) is 1. The van der Waals surface area contributed by atoms with Gasteiger partial charge in [-0.2, -0.15) is 0 Å². The number of primary sulfonamides is 1. The standard InChI is InChI=1S/C23H18ClN3O5S2/c24-14-5-9-16(10-6-14)27-21(28)13-20(23(27)30)33-19-4-2-1-3-18(19)22(29)26-15-7-11-17(12-8-15)34(25,31)32/h1-12,20H,13H2,(H,26,29)(H2,25,31,32)/t20-/m0/s1. The molecule has 4 rings (SSSR count). The maximum absolute atomic E-state index is 13.0. The van der Waals surface area contributed by atoms with E-state index in [1.807, 2.05) is 0 Å². The van der Waals surface area contributed by atoms with E-state index in [4.69, 9.17) is 16.7 Å². The Morgan fingerprint density at radius 2 is 1.65 bits per heavy atom. The van der Waals surface area contributed by atoms with Crippen LogP contribution in [0.3, 0.4) is 0 Å². The van der Waals surface area contributed by atoms with E-state index in [0.717, 1.165) is 16.7 Å². The summed E-state index contributed by atoms with van der Waals surface area (Å²) in [5, 5.41) is 7.60. The number of halogens is 1. The van der Waals surface area contributed by atoms with E-state index in [1.165, 1.54) is 24.3 Å². The molecule has 0 saturated carbocycles. The van der Waals surface area contributed by atoms with Crippen LogP contribution in [0.4, 0.5) is 11.4 Å². The van der Waals surface area contributed by atoms with Crippen LogP contribution in [-0.4, -0.2) is 31.4 Å². The van der Waals surface area contributed by atoms with E-state index in [0.29, 0.717) is 26.9 Å². The summed E-state index contributed by atoms with van der Waals surface area (Å²) in [6.45, 7) is 0. The van der Waals surface area contributed by atoms with Crippen molar-refractivity contribution < 1.29 is 22.8 Å². The van der Waals surface area contributed by atoms with Crippen LogP contribution in [0.5, 0.6) is 0 Å². The van der Waals surface area contributed by atoms with Crippen LogP contribution in [0.15, 0.2) is 82.6 Å². The zero-order chi connectivity index (χ0) is 24.5. The number of thioether (sulfide) groups is 1. The first-order valence-corrected chi connectivity index (χ1v) is 12.8. The Hall–Kier alpha value is -3.18. The van der Waals surface area contributed by atoms with Crippen molar-refractivity contribution in [2.75, 3.05) is 10.2 Å². The minimum atomic E-state index is -3.84. The van der Waals surface area contributed by atoms with Gasteiger partial charge in [-0.3, -0.25) is 14.4 Å². The second-order valence-corrected chi connectivity index (χ2v) is 10.6. The summed E-state index contributed by atoms with van der Waals surface area (Å²) in [5.41, 5.74) is 1.13. The Bertz CT molecular complexity index is 1380. The number of benzene rings is 3. The molecule has 34 heavy (non-hydrogen) atoms. The third-order valence-electron chi connectivity index (χ3n) is 5.03. The molecule has 1 atom stereocenters. The smallest absolute Gasteiger partial charge is 0.256 e. The van der Waals surface area contributed by atoms with Gasteiger partial charge in [0.25, 0.3) is 5.91 Å². The average Bonchev–Trinajstić information content (AvgIpc) is 3.07. The van der Waals surface area contributed by atoms with Crippen molar-refractivity contribution in [2.45, 2.75) is 21.5 Å². The molecule has 1 fully saturated rings. The molecule has 3 amide bonds. The fourth-order valence-electron chi connectivity index (χ4n) is 3.39. The molecule has 1 saturated heterocycles. The largest absolute Gasteiger partial charge is 0.322 e. The quantitative estimate of drug-likeness (QED) is 0.482. The minimum absolute atomic E-state index is 0.00287. The van der Waals surface area contributed by atoms with Gasteiger partial charge in [0.05, 0.1) is 21.4 Å². The van der Waals surface area contributed by atoms with Gasteiger partial charge >= 0.3 is 0 Å². The summed E-state index contributed by atoms with van der Waals surface area (Å²) < 4.78 is 22.8. The second-order valence-electron chi connectivity index (χ2n) is 7.37. The first-order valence-electron chi connectivity index (χ1n) is 9.96. The van der Waals surface area contributed by atoms with Gasteiger partial charge in [0.15, 0.2) is 0 Å². The number of rotatable bonds is 6. The van der Waals surface area contributed by atoms with E-state index >= 15 is 0 Å². The van der Waals surface area contributed by atoms with Crippen LogP contribution < -0.4 is 15.4 Å². The summed E-state index contributed by atoms with van der Waals surface area (Å²) >= 11 is 7.04. The van der Waals surface area contributed by atoms with Crippen molar-refractivity contribution in [3.8, 4) is 0 Å². The molecule has 1 aliphatic heterocycles. The number of hydrogen-bond acceptors (Lipinski definition) is 6. The van der Waals surface area contributed by atoms with Gasteiger partial charge in [-0.15, -0.1) is 11.8 Å². The SMILES string of the molecule is NS(=O)(=O)c1ccc(NC(=O)c2ccccc2S[C@H]2CC(=O)N(c3ccc(Cl)cc3)C2=O)cc1. The van der Waals surface area contributed by atoms with Gasteiger partial charge in [0.2, 0.25) is 21.8 Å². The molecular weight excluding hydrogens is 498 g/mol. The number of sulfonamides is 1. The number of amides is 3. The van der Waals surface area contributed by atoms with Gasteiger partial charge in [0.1, 0.15) is 0 Å². The molecule has 0 bridgehead atoms. The highest BCUT2D eigenvalue weighted by atomic mass is 35.5. The molecule has 0 radical (unpaired) electrons. The normalized spacial score (nSPS) is 16.1. The summed E-state index contributed by atoms with van der Waals surface area (Å²) in [4.78, 5) is 40.0. The summed E-state index contributed by atoms with van der Waals surface area (Å²) in [6, 6.07) is 18.6. The number of nitrogens with two attached hydrogens (primary N) is 1. The van der Waals surface area contributed by atoms with Crippen molar-refractivity contribution in [3.63, 3.8) is 0 Å². The molecule has 3 aromatic carbocycles. The molecular formula is C23H18ClN3O5S2. The number of carbonyl (C=O) groups excluding carboxylic acids is 3. The van der Waals surface area contributed by atoms with Crippen LogP contribution in [0.25, 0.3) is 0 Å². The van der Waals surface area contributed by atoms with E-state index in [9.17, 15) is 22.8 Å². The number of imide groups is 1. The topological polar surface area (TPSA) is 127 Å². The van der Waals surface area contributed by atoms with E-state index < -0.39 is 21.2 Å². The lowest BCUT2D eigenvalue weighted by Gasteiger charge is -2.16. The Morgan fingerprint density at radius 3 is 2.29 bits per heavy atom. The van der Waals surface area contributed by atoms with Gasteiger partial charge < -0.3 is 5.32 Å². The molecule has 174 valence electrons. The molecule has 0 aliphatic carbocycles. The number of hydrogen-bond donors (Lipinski definition) is 2. The highest BCUT2D eigenvalue weighted by Crippen LogP contribution is 2.36. The summed E-state index contributed by atoms with van der Waals surface area (Å²) in [5.74, 6) is -1.15. The summed E-state index contributed by atoms with van der Waals surface area (Å²) in [6.07, 6.45) is -0.00287. The zero-order valence-corrected chi connectivity index (χ0v) is 19.9. The van der Waals surface area contributed by atoms with Gasteiger partial charge in [-0.1, -0.05) is 23.7 Å². The van der Waals surface area contributed by atoms with E-state index in [1.54, 1.807) is 48.5 Å². The van der Waals surface area contributed by atoms with E-state index in [-0.39, 0.29) is 23.1 Å². The zero-order valence-electron chi connectivity index (χ0n) is 17.5. The third kappa shape index (κ3) is 5.15.